The molecule has 0 radical (unpaired) electrons. The van der Waals surface area contributed by atoms with Gasteiger partial charge in [0.05, 0.1) is 0 Å². The van der Waals surface area contributed by atoms with Crippen LogP contribution in [0.1, 0.15) is 99.3 Å². The van der Waals surface area contributed by atoms with Gasteiger partial charge in [-0.1, -0.05) is 63.6 Å². The molecule has 3 aliphatic rings. The standard InChI is InChI=1S/C30H46O3/c1-19(2)22-11-9-20(3)23(29(22,7)18-16-27(32)33)12-13-24-21(4)10-14-25-28(5,6)26(31)15-17-30(24,25)8/h9,22-25H,1,4,10-18H2,2-3,5-8H3,(H,32,33)/t22-,23-,24+,25+,29-,30-/m1/s1. The van der Waals surface area contributed by atoms with Gasteiger partial charge in [-0.3, -0.25) is 9.59 Å². The topological polar surface area (TPSA) is 54.4 Å². The van der Waals surface area contributed by atoms with Gasteiger partial charge in [0.1, 0.15) is 5.78 Å². The molecule has 0 amide bonds. The largest absolute Gasteiger partial charge is 0.481 e. The Bertz CT molecular complexity index is 862. The third-order valence-electron chi connectivity index (χ3n) is 10.4. The molecule has 2 saturated carbocycles. The summed E-state index contributed by atoms with van der Waals surface area (Å²) in [7, 11) is 0. The Morgan fingerprint density at radius 1 is 1.15 bits per heavy atom. The van der Waals surface area contributed by atoms with Crippen molar-refractivity contribution in [1.82, 2.24) is 0 Å². The molecule has 0 aromatic rings. The molecule has 3 heteroatoms. The van der Waals surface area contributed by atoms with Crippen molar-refractivity contribution in [2.24, 2.45) is 39.9 Å². The molecule has 0 aliphatic heterocycles. The summed E-state index contributed by atoms with van der Waals surface area (Å²) in [5, 5.41) is 9.46. The van der Waals surface area contributed by atoms with Gasteiger partial charge in [0.15, 0.2) is 0 Å². The van der Waals surface area contributed by atoms with E-state index in [-0.39, 0.29) is 22.7 Å². The maximum absolute atomic E-state index is 12.8. The first-order valence-electron chi connectivity index (χ1n) is 13.0. The zero-order valence-corrected chi connectivity index (χ0v) is 21.9. The van der Waals surface area contributed by atoms with Crippen LogP contribution in [0, 0.1) is 39.9 Å². The van der Waals surface area contributed by atoms with E-state index in [9.17, 15) is 14.7 Å². The van der Waals surface area contributed by atoms with Crippen LogP contribution in [-0.2, 0) is 9.59 Å². The second kappa shape index (κ2) is 9.19. The number of ketones is 1. The molecule has 0 aromatic carbocycles. The van der Waals surface area contributed by atoms with Gasteiger partial charge in [0.2, 0.25) is 0 Å². The quantitative estimate of drug-likeness (QED) is 0.400. The highest BCUT2D eigenvalue weighted by Gasteiger charge is 2.56. The molecule has 184 valence electrons. The number of carbonyl (C=O) groups is 2. The first-order chi connectivity index (χ1) is 15.2. The van der Waals surface area contributed by atoms with Gasteiger partial charge in [-0.2, -0.15) is 0 Å². The van der Waals surface area contributed by atoms with Crippen molar-refractivity contribution in [1.29, 1.82) is 0 Å². The van der Waals surface area contributed by atoms with Gasteiger partial charge in [-0.25, -0.2) is 0 Å². The molecule has 33 heavy (non-hydrogen) atoms. The molecule has 1 N–H and O–H groups in total. The zero-order valence-electron chi connectivity index (χ0n) is 21.9. The lowest BCUT2D eigenvalue weighted by atomic mass is 9.46. The Hall–Kier alpha value is -1.64. The van der Waals surface area contributed by atoms with E-state index in [0.29, 0.717) is 42.3 Å². The second-order valence-corrected chi connectivity index (χ2v) is 12.6. The van der Waals surface area contributed by atoms with Crippen molar-refractivity contribution in [2.45, 2.75) is 99.3 Å². The summed E-state index contributed by atoms with van der Waals surface area (Å²) in [5.41, 5.74) is 3.69. The van der Waals surface area contributed by atoms with Crippen molar-refractivity contribution in [3.8, 4) is 0 Å². The highest BCUT2D eigenvalue weighted by molar-refractivity contribution is 5.85. The predicted octanol–water partition coefficient (Wildman–Crippen LogP) is 7.77. The number of carboxylic acids is 1. The molecule has 3 nitrogen and oxygen atoms in total. The van der Waals surface area contributed by atoms with Crippen LogP contribution in [0.25, 0.3) is 0 Å². The highest BCUT2D eigenvalue weighted by Crippen LogP contribution is 2.62. The molecule has 0 aromatic heterocycles. The molecule has 0 saturated heterocycles. The zero-order chi connectivity index (χ0) is 24.8. The van der Waals surface area contributed by atoms with E-state index in [1.54, 1.807) is 0 Å². The minimum Gasteiger partial charge on any atom is -0.481 e. The number of carbonyl (C=O) groups excluding carboxylic acids is 1. The lowest BCUT2D eigenvalue weighted by molar-refractivity contribution is -0.145. The van der Waals surface area contributed by atoms with Gasteiger partial charge in [0.25, 0.3) is 0 Å². The first-order valence-corrected chi connectivity index (χ1v) is 13.0. The maximum atomic E-state index is 12.8. The van der Waals surface area contributed by atoms with E-state index in [2.05, 4.69) is 60.8 Å². The Balaban J connectivity index is 1.89. The highest BCUT2D eigenvalue weighted by atomic mass is 16.4. The molecule has 0 spiro atoms. The summed E-state index contributed by atoms with van der Waals surface area (Å²) in [5.74, 6) is 1.20. The minimum atomic E-state index is -0.715. The lowest BCUT2D eigenvalue weighted by Crippen LogP contribution is -2.53. The minimum absolute atomic E-state index is 0.0961. The molecule has 2 fully saturated rings. The summed E-state index contributed by atoms with van der Waals surface area (Å²) in [6, 6.07) is 0. The fourth-order valence-electron chi connectivity index (χ4n) is 8.37. The molecule has 3 rings (SSSR count). The third kappa shape index (κ3) is 4.54. The van der Waals surface area contributed by atoms with Gasteiger partial charge in [0, 0.05) is 18.3 Å². The third-order valence-corrected chi connectivity index (χ3v) is 10.4. The number of rotatable bonds is 7. The van der Waals surface area contributed by atoms with Crippen molar-refractivity contribution >= 4 is 11.8 Å². The monoisotopic (exact) mass is 454 g/mol. The van der Waals surface area contributed by atoms with Crippen LogP contribution in [0.2, 0.25) is 0 Å². The summed E-state index contributed by atoms with van der Waals surface area (Å²) < 4.78 is 0. The van der Waals surface area contributed by atoms with Crippen molar-refractivity contribution in [3.63, 3.8) is 0 Å². The first kappa shape index (κ1) is 26.0. The van der Waals surface area contributed by atoms with E-state index in [1.165, 1.54) is 16.7 Å². The number of hydrogen-bond acceptors (Lipinski definition) is 2. The van der Waals surface area contributed by atoms with Gasteiger partial charge in [-0.15, -0.1) is 0 Å². The Morgan fingerprint density at radius 2 is 1.79 bits per heavy atom. The van der Waals surface area contributed by atoms with Gasteiger partial charge in [-0.05, 0) is 93.3 Å². The fourth-order valence-corrected chi connectivity index (χ4v) is 8.37. The van der Waals surface area contributed by atoms with Crippen LogP contribution >= 0.6 is 0 Å². The van der Waals surface area contributed by atoms with Crippen molar-refractivity contribution in [2.75, 3.05) is 0 Å². The van der Waals surface area contributed by atoms with Crippen LogP contribution in [0.15, 0.2) is 36.0 Å². The SMILES string of the molecule is C=C(C)[C@H]1CC=C(C)[C@@H](CC[C@H]2C(=C)CC[C@H]3C(C)(C)C(=O)CC[C@]23C)[C@]1(C)CCC(=O)O. The van der Waals surface area contributed by atoms with Gasteiger partial charge < -0.3 is 5.11 Å². The molecule has 3 aliphatic carbocycles. The number of aliphatic carboxylic acids is 1. The van der Waals surface area contributed by atoms with Crippen molar-refractivity contribution in [3.05, 3.63) is 36.0 Å². The lowest BCUT2D eigenvalue weighted by Gasteiger charge is -2.57. The van der Waals surface area contributed by atoms with Crippen LogP contribution in [0.5, 0.6) is 0 Å². The summed E-state index contributed by atoms with van der Waals surface area (Å²) in [6.45, 7) is 22.2. The van der Waals surface area contributed by atoms with E-state index < -0.39 is 5.97 Å². The predicted molar refractivity (Wildman–Crippen MR) is 136 cm³/mol. The van der Waals surface area contributed by atoms with Crippen LogP contribution in [-0.4, -0.2) is 16.9 Å². The van der Waals surface area contributed by atoms with Crippen LogP contribution in [0.3, 0.4) is 0 Å². The summed E-state index contributed by atoms with van der Waals surface area (Å²) in [4.78, 5) is 24.3. The molecular formula is C30H46O3. The van der Waals surface area contributed by atoms with E-state index in [4.69, 9.17) is 0 Å². The average Bonchev–Trinajstić information content (AvgIpc) is 2.71. The smallest absolute Gasteiger partial charge is 0.303 e. The molecule has 6 atom stereocenters. The number of Topliss-reactive ketones (excluding diaryl/α,β-unsaturated/α-hetero) is 1. The molecule has 0 unspecified atom stereocenters. The number of fused-ring (bicyclic) bond motifs is 1. The number of hydrogen-bond donors (Lipinski definition) is 1. The number of allylic oxidation sites excluding steroid dienone is 4. The Morgan fingerprint density at radius 3 is 2.39 bits per heavy atom. The molecular weight excluding hydrogens is 408 g/mol. The molecule has 0 heterocycles. The van der Waals surface area contributed by atoms with E-state index in [0.717, 1.165) is 38.5 Å². The van der Waals surface area contributed by atoms with Gasteiger partial charge >= 0.3 is 5.97 Å². The number of carboxylic acid groups (broad SMARTS) is 1. The van der Waals surface area contributed by atoms with Crippen LogP contribution in [0.4, 0.5) is 0 Å². The Labute approximate surface area is 201 Å². The maximum Gasteiger partial charge on any atom is 0.303 e. The van der Waals surface area contributed by atoms with E-state index in [1.807, 2.05) is 0 Å². The second-order valence-electron chi connectivity index (χ2n) is 12.6. The molecule has 0 bridgehead atoms. The normalized spacial score (nSPS) is 38.4. The fraction of sp³-hybridized carbons (Fsp3) is 0.733. The summed E-state index contributed by atoms with van der Waals surface area (Å²) >= 11 is 0. The summed E-state index contributed by atoms with van der Waals surface area (Å²) in [6.07, 6.45) is 10.1. The van der Waals surface area contributed by atoms with Crippen LogP contribution < -0.4 is 0 Å². The van der Waals surface area contributed by atoms with Crippen molar-refractivity contribution < 1.29 is 14.7 Å². The average molecular weight is 455 g/mol. The van der Waals surface area contributed by atoms with E-state index >= 15 is 0 Å². The Kier molecular flexibility index (Phi) is 7.23.